The summed E-state index contributed by atoms with van der Waals surface area (Å²) in [6.45, 7) is 3.06. The maximum absolute atomic E-state index is 5.78. The first kappa shape index (κ1) is 19.3. The van der Waals surface area contributed by atoms with E-state index in [1.807, 2.05) is 12.1 Å². The van der Waals surface area contributed by atoms with Gasteiger partial charge in [0.1, 0.15) is 5.75 Å². The van der Waals surface area contributed by atoms with Gasteiger partial charge in [-0.15, -0.1) is 11.8 Å². The van der Waals surface area contributed by atoms with Crippen molar-refractivity contribution in [1.29, 1.82) is 0 Å². The van der Waals surface area contributed by atoms with Crippen molar-refractivity contribution in [3.63, 3.8) is 0 Å². The van der Waals surface area contributed by atoms with Crippen molar-refractivity contribution in [3.8, 4) is 5.75 Å². The van der Waals surface area contributed by atoms with Gasteiger partial charge >= 0.3 is 0 Å². The maximum Gasteiger partial charge on any atom is 0.166 e. The fraction of sp³-hybridized carbons (Fsp3) is 0.667. The molecule has 0 aliphatic rings. The average Bonchev–Trinajstić information content (AvgIpc) is 2.56. The molecule has 0 aliphatic heterocycles. The summed E-state index contributed by atoms with van der Waals surface area (Å²) in [6.07, 6.45) is 7.59. The van der Waals surface area contributed by atoms with Crippen LogP contribution in [0.25, 0.3) is 0 Å². The van der Waals surface area contributed by atoms with Gasteiger partial charge in [0.25, 0.3) is 0 Å². The van der Waals surface area contributed by atoms with Crippen LogP contribution in [0.2, 0.25) is 0 Å². The van der Waals surface area contributed by atoms with Crippen LogP contribution in [-0.4, -0.2) is 32.9 Å². The number of methoxy groups -OCH3 is 2. The van der Waals surface area contributed by atoms with Crippen LogP contribution in [0.15, 0.2) is 29.2 Å². The fourth-order valence-corrected chi connectivity index (χ4v) is 3.03. The number of unbranched alkanes of at least 4 members (excludes halogenated alkanes) is 5. The van der Waals surface area contributed by atoms with Crippen molar-refractivity contribution in [2.45, 2.75) is 56.6 Å². The molecule has 4 heteroatoms. The molecule has 0 atom stereocenters. The molecule has 0 saturated carbocycles. The molecular formula is C18H30O3S. The highest BCUT2D eigenvalue weighted by molar-refractivity contribution is 7.99. The monoisotopic (exact) mass is 326 g/mol. The van der Waals surface area contributed by atoms with Crippen LogP contribution in [0, 0.1) is 0 Å². The second kappa shape index (κ2) is 12.8. The van der Waals surface area contributed by atoms with Crippen molar-refractivity contribution < 1.29 is 14.2 Å². The van der Waals surface area contributed by atoms with E-state index < -0.39 is 0 Å². The van der Waals surface area contributed by atoms with Crippen molar-refractivity contribution in [2.24, 2.45) is 0 Å². The molecule has 0 heterocycles. The Balaban J connectivity index is 2.16. The number of rotatable bonds is 13. The first-order valence-corrected chi connectivity index (χ1v) is 9.20. The summed E-state index contributed by atoms with van der Waals surface area (Å²) in [7, 11) is 3.32. The maximum atomic E-state index is 5.78. The summed E-state index contributed by atoms with van der Waals surface area (Å²) in [5.74, 6) is 1.73. The molecule has 0 amide bonds. The smallest absolute Gasteiger partial charge is 0.166 e. The lowest BCUT2D eigenvalue weighted by Gasteiger charge is -2.12. The minimum absolute atomic E-state index is 0.159. The van der Waals surface area contributed by atoms with E-state index in [0.29, 0.717) is 0 Å². The Kier molecular flexibility index (Phi) is 11.2. The van der Waals surface area contributed by atoms with E-state index in [0.717, 1.165) is 24.5 Å². The molecule has 0 fully saturated rings. The van der Waals surface area contributed by atoms with Gasteiger partial charge in [-0.1, -0.05) is 39.0 Å². The van der Waals surface area contributed by atoms with Gasteiger partial charge < -0.3 is 14.2 Å². The summed E-state index contributed by atoms with van der Waals surface area (Å²) in [5, 5.41) is 0. The highest BCUT2D eigenvalue weighted by Gasteiger charge is 2.05. The second-order valence-electron chi connectivity index (χ2n) is 5.30. The lowest BCUT2D eigenvalue weighted by Crippen LogP contribution is -2.15. The summed E-state index contributed by atoms with van der Waals surface area (Å²) in [6, 6.07) is 8.25. The van der Waals surface area contributed by atoms with Crippen LogP contribution in [0.5, 0.6) is 5.75 Å². The highest BCUT2D eigenvalue weighted by atomic mass is 32.2. The van der Waals surface area contributed by atoms with Gasteiger partial charge in [0, 0.05) is 24.9 Å². The van der Waals surface area contributed by atoms with Gasteiger partial charge in [0.2, 0.25) is 0 Å². The van der Waals surface area contributed by atoms with E-state index in [1.54, 1.807) is 26.0 Å². The number of benzene rings is 1. The highest BCUT2D eigenvalue weighted by Crippen LogP contribution is 2.23. The lowest BCUT2D eigenvalue weighted by molar-refractivity contribution is -0.0842. The van der Waals surface area contributed by atoms with E-state index in [9.17, 15) is 0 Å². The molecule has 1 aromatic rings. The molecule has 22 heavy (non-hydrogen) atoms. The molecule has 0 saturated heterocycles. The molecule has 0 spiro atoms. The third-order valence-electron chi connectivity index (χ3n) is 3.50. The lowest BCUT2D eigenvalue weighted by atomic mass is 10.1. The first-order chi connectivity index (χ1) is 10.8. The number of ether oxygens (including phenoxy) is 3. The molecule has 0 radical (unpaired) electrons. The van der Waals surface area contributed by atoms with Crippen molar-refractivity contribution >= 4 is 11.8 Å². The molecule has 0 bridgehead atoms. The van der Waals surface area contributed by atoms with Crippen LogP contribution in [0.3, 0.4) is 0 Å². The fourth-order valence-electron chi connectivity index (χ4n) is 2.10. The Bertz CT molecular complexity index is 363. The SMILES string of the molecule is CCCCCCCCOc1ccc(SCC(OC)OC)cc1. The van der Waals surface area contributed by atoms with Gasteiger partial charge in [0.15, 0.2) is 6.29 Å². The van der Waals surface area contributed by atoms with Crippen LogP contribution in [0.4, 0.5) is 0 Å². The van der Waals surface area contributed by atoms with E-state index >= 15 is 0 Å². The predicted octanol–water partition coefficient (Wildman–Crippen LogP) is 5.14. The summed E-state index contributed by atoms with van der Waals surface area (Å²) < 4.78 is 16.1. The molecule has 3 nitrogen and oxygen atoms in total. The van der Waals surface area contributed by atoms with Gasteiger partial charge in [-0.3, -0.25) is 0 Å². The van der Waals surface area contributed by atoms with Gasteiger partial charge in [0.05, 0.1) is 6.61 Å². The van der Waals surface area contributed by atoms with E-state index in [4.69, 9.17) is 14.2 Å². The Morgan fingerprint density at radius 3 is 2.18 bits per heavy atom. The Hall–Kier alpha value is -0.710. The standard InChI is InChI=1S/C18H30O3S/c1-4-5-6-7-8-9-14-21-16-10-12-17(13-11-16)22-15-18(19-2)20-3/h10-13,18H,4-9,14-15H2,1-3H3. The molecule has 1 aromatic carbocycles. The molecular weight excluding hydrogens is 296 g/mol. The minimum Gasteiger partial charge on any atom is -0.494 e. The normalized spacial score (nSPS) is 11.1. The largest absolute Gasteiger partial charge is 0.494 e. The van der Waals surface area contributed by atoms with Gasteiger partial charge in [-0.05, 0) is 30.7 Å². The van der Waals surface area contributed by atoms with Crippen molar-refractivity contribution in [2.75, 3.05) is 26.6 Å². The van der Waals surface area contributed by atoms with Gasteiger partial charge in [-0.25, -0.2) is 0 Å². The predicted molar refractivity (Wildman–Crippen MR) is 93.8 cm³/mol. The van der Waals surface area contributed by atoms with E-state index in [1.165, 1.54) is 37.0 Å². The minimum atomic E-state index is -0.159. The summed E-state index contributed by atoms with van der Waals surface area (Å²) in [4.78, 5) is 1.20. The number of hydrogen-bond acceptors (Lipinski definition) is 4. The van der Waals surface area contributed by atoms with Gasteiger partial charge in [-0.2, -0.15) is 0 Å². The quantitative estimate of drug-likeness (QED) is 0.285. The third-order valence-corrected chi connectivity index (χ3v) is 4.55. The Labute approximate surface area is 139 Å². The zero-order chi connectivity index (χ0) is 16.0. The zero-order valence-corrected chi connectivity index (χ0v) is 15.0. The van der Waals surface area contributed by atoms with Crippen LogP contribution in [-0.2, 0) is 9.47 Å². The first-order valence-electron chi connectivity index (χ1n) is 8.21. The van der Waals surface area contributed by atoms with E-state index in [2.05, 4.69) is 19.1 Å². The van der Waals surface area contributed by atoms with Crippen molar-refractivity contribution in [1.82, 2.24) is 0 Å². The molecule has 0 aromatic heterocycles. The van der Waals surface area contributed by atoms with Crippen LogP contribution in [0.1, 0.15) is 45.4 Å². The molecule has 0 N–H and O–H groups in total. The van der Waals surface area contributed by atoms with Crippen molar-refractivity contribution in [3.05, 3.63) is 24.3 Å². The third kappa shape index (κ3) is 8.66. The Morgan fingerprint density at radius 2 is 1.55 bits per heavy atom. The molecule has 0 aliphatic carbocycles. The second-order valence-corrected chi connectivity index (χ2v) is 6.39. The van der Waals surface area contributed by atoms with Crippen LogP contribution < -0.4 is 4.74 Å². The summed E-state index contributed by atoms with van der Waals surface area (Å²) >= 11 is 1.72. The molecule has 0 unspecified atom stereocenters. The molecule has 1 rings (SSSR count). The number of hydrogen-bond donors (Lipinski definition) is 0. The topological polar surface area (TPSA) is 27.7 Å². The Morgan fingerprint density at radius 1 is 0.909 bits per heavy atom. The molecule has 126 valence electrons. The number of thioether (sulfide) groups is 1. The van der Waals surface area contributed by atoms with Crippen LogP contribution >= 0.6 is 11.8 Å². The average molecular weight is 327 g/mol. The van der Waals surface area contributed by atoms with E-state index in [-0.39, 0.29) is 6.29 Å². The summed E-state index contributed by atoms with van der Waals surface area (Å²) in [5.41, 5.74) is 0. The zero-order valence-electron chi connectivity index (χ0n) is 14.2.